The molecule has 0 aliphatic carbocycles. The number of hydrogen-bond acceptors (Lipinski definition) is 2. The smallest absolute Gasteiger partial charge is 0.318 e. The SMILES string of the molecule is NNC(=O)N1CCCC(F)(F)C1. The molecule has 1 saturated heterocycles. The second kappa shape index (κ2) is 3.22. The van der Waals surface area contributed by atoms with Crippen molar-refractivity contribution in [1.29, 1.82) is 0 Å². The molecule has 6 heteroatoms. The maximum atomic E-state index is 12.7. The number of hydrazine groups is 1. The van der Waals surface area contributed by atoms with E-state index in [9.17, 15) is 13.6 Å². The zero-order valence-corrected chi connectivity index (χ0v) is 6.52. The minimum absolute atomic E-state index is 0.151. The summed E-state index contributed by atoms with van der Waals surface area (Å²) in [6, 6.07) is -0.644. The van der Waals surface area contributed by atoms with E-state index in [4.69, 9.17) is 5.84 Å². The Hall–Kier alpha value is -0.910. The lowest BCUT2D eigenvalue weighted by molar-refractivity contribution is -0.0523. The summed E-state index contributed by atoms with van der Waals surface area (Å²) in [6.07, 6.45) is 0.168. The largest absolute Gasteiger partial charge is 0.331 e. The molecule has 1 rings (SSSR count). The number of carbonyl (C=O) groups excluding carboxylic acids is 1. The minimum atomic E-state index is -2.76. The van der Waals surface area contributed by atoms with Crippen molar-refractivity contribution in [3.05, 3.63) is 0 Å². The molecule has 1 aliphatic heterocycles. The highest BCUT2D eigenvalue weighted by atomic mass is 19.3. The van der Waals surface area contributed by atoms with Crippen molar-refractivity contribution in [1.82, 2.24) is 10.3 Å². The van der Waals surface area contributed by atoms with E-state index in [-0.39, 0.29) is 6.42 Å². The van der Waals surface area contributed by atoms with Gasteiger partial charge in [0.15, 0.2) is 0 Å². The van der Waals surface area contributed by atoms with Gasteiger partial charge in [0.2, 0.25) is 0 Å². The molecule has 2 amide bonds. The number of piperidine rings is 1. The number of carbonyl (C=O) groups is 1. The van der Waals surface area contributed by atoms with E-state index in [1.165, 1.54) is 0 Å². The summed E-state index contributed by atoms with van der Waals surface area (Å²) in [7, 11) is 0. The van der Waals surface area contributed by atoms with E-state index < -0.39 is 18.5 Å². The Bertz CT molecular complexity index is 186. The Morgan fingerprint density at radius 1 is 1.58 bits per heavy atom. The average Bonchev–Trinajstić information content (AvgIpc) is 2.01. The maximum absolute atomic E-state index is 12.7. The summed E-state index contributed by atoms with van der Waals surface area (Å²) in [5.74, 6) is 2.05. The van der Waals surface area contributed by atoms with Crippen LogP contribution in [0.25, 0.3) is 0 Å². The summed E-state index contributed by atoms with van der Waals surface area (Å²) in [5.41, 5.74) is 1.83. The fraction of sp³-hybridized carbons (Fsp3) is 0.833. The fourth-order valence-electron chi connectivity index (χ4n) is 1.23. The van der Waals surface area contributed by atoms with Gasteiger partial charge in [0.1, 0.15) is 0 Å². The van der Waals surface area contributed by atoms with Crippen molar-refractivity contribution in [2.75, 3.05) is 13.1 Å². The molecule has 12 heavy (non-hydrogen) atoms. The number of nitrogens with zero attached hydrogens (tertiary/aromatic N) is 1. The van der Waals surface area contributed by atoms with E-state index >= 15 is 0 Å². The number of rotatable bonds is 0. The van der Waals surface area contributed by atoms with Crippen LogP contribution in [0.2, 0.25) is 0 Å². The van der Waals surface area contributed by atoms with Crippen molar-refractivity contribution >= 4 is 6.03 Å². The van der Waals surface area contributed by atoms with E-state index in [1.807, 2.05) is 5.43 Å². The quantitative estimate of drug-likeness (QED) is 0.319. The van der Waals surface area contributed by atoms with Gasteiger partial charge in [-0.05, 0) is 6.42 Å². The number of hydrogen-bond donors (Lipinski definition) is 2. The van der Waals surface area contributed by atoms with Gasteiger partial charge in [-0.25, -0.2) is 19.4 Å². The van der Waals surface area contributed by atoms with Crippen molar-refractivity contribution in [2.45, 2.75) is 18.8 Å². The van der Waals surface area contributed by atoms with Crippen molar-refractivity contribution in [3.63, 3.8) is 0 Å². The monoisotopic (exact) mass is 179 g/mol. The van der Waals surface area contributed by atoms with Crippen LogP contribution in [-0.4, -0.2) is 29.9 Å². The molecule has 1 aliphatic rings. The number of urea groups is 1. The maximum Gasteiger partial charge on any atom is 0.331 e. The van der Waals surface area contributed by atoms with Crippen LogP contribution in [0, 0.1) is 0 Å². The molecule has 0 saturated carbocycles. The number of nitrogens with one attached hydrogen (secondary N) is 1. The van der Waals surface area contributed by atoms with Gasteiger partial charge >= 0.3 is 6.03 Å². The van der Waals surface area contributed by atoms with E-state index in [0.717, 1.165) is 4.90 Å². The fourth-order valence-corrected chi connectivity index (χ4v) is 1.23. The number of nitrogens with two attached hydrogens (primary N) is 1. The van der Waals surface area contributed by atoms with Gasteiger partial charge < -0.3 is 4.90 Å². The zero-order valence-electron chi connectivity index (χ0n) is 6.52. The number of alkyl halides is 2. The predicted molar refractivity (Wildman–Crippen MR) is 38.5 cm³/mol. The van der Waals surface area contributed by atoms with Crippen LogP contribution in [-0.2, 0) is 0 Å². The molecule has 4 nitrogen and oxygen atoms in total. The minimum Gasteiger partial charge on any atom is -0.318 e. The average molecular weight is 179 g/mol. The molecule has 0 aromatic heterocycles. The molecule has 0 spiro atoms. The molecule has 0 radical (unpaired) electrons. The highest BCUT2D eigenvalue weighted by molar-refractivity contribution is 5.73. The molecule has 0 atom stereocenters. The van der Waals surface area contributed by atoms with Gasteiger partial charge in [-0.15, -0.1) is 0 Å². The molecule has 1 heterocycles. The Balaban J connectivity index is 2.52. The van der Waals surface area contributed by atoms with Crippen molar-refractivity contribution in [3.8, 4) is 0 Å². The third-order valence-corrected chi connectivity index (χ3v) is 1.80. The first kappa shape index (κ1) is 9.18. The third kappa shape index (κ3) is 2.04. The first-order valence-corrected chi connectivity index (χ1v) is 3.68. The number of likely N-dealkylation sites (tertiary alicyclic amines) is 1. The Morgan fingerprint density at radius 2 is 2.25 bits per heavy atom. The molecule has 0 aromatic carbocycles. The summed E-state index contributed by atoms with van der Waals surface area (Å²) in [5, 5.41) is 0. The predicted octanol–water partition coefficient (Wildman–Crippen LogP) is 0.301. The summed E-state index contributed by atoms with van der Waals surface area (Å²) < 4.78 is 25.4. The second-order valence-corrected chi connectivity index (χ2v) is 2.83. The molecule has 1 fully saturated rings. The van der Waals surface area contributed by atoms with Crippen LogP contribution >= 0.6 is 0 Å². The first-order chi connectivity index (χ1) is 5.55. The zero-order chi connectivity index (χ0) is 9.19. The van der Waals surface area contributed by atoms with Crippen LogP contribution in [0.5, 0.6) is 0 Å². The lowest BCUT2D eigenvalue weighted by atomic mass is 10.1. The van der Waals surface area contributed by atoms with Gasteiger partial charge in [0.05, 0.1) is 6.54 Å². The Morgan fingerprint density at radius 3 is 2.75 bits per heavy atom. The van der Waals surface area contributed by atoms with Crippen LogP contribution in [0.1, 0.15) is 12.8 Å². The van der Waals surface area contributed by atoms with Gasteiger partial charge in [-0.2, -0.15) is 0 Å². The summed E-state index contributed by atoms with van der Waals surface area (Å²) in [6.45, 7) is -0.186. The topological polar surface area (TPSA) is 58.4 Å². The first-order valence-electron chi connectivity index (χ1n) is 3.68. The Kier molecular flexibility index (Phi) is 2.46. The summed E-state index contributed by atoms with van der Waals surface area (Å²) in [4.78, 5) is 11.8. The third-order valence-electron chi connectivity index (χ3n) is 1.80. The molecule has 0 bridgehead atoms. The van der Waals surface area contributed by atoms with Crippen LogP contribution in [0.3, 0.4) is 0 Å². The number of amides is 2. The van der Waals surface area contributed by atoms with Crippen LogP contribution in [0.15, 0.2) is 0 Å². The standard InChI is InChI=1S/C6H11F2N3O/c7-6(8)2-1-3-11(4-6)5(12)10-9/h1-4,9H2,(H,10,12). The van der Waals surface area contributed by atoms with Crippen LogP contribution in [0.4, 0.5) is 13.6 Å². The van der Waals surface area contributed by atoms with E-state index in [0.29, 0.717) is 13.0 Å². The molecular formula is C6H11F2N3O. The lowest BCUT2D eigenvalue weighted by Crippen LogP contribution is -2.51. The normalized spacial score (nSPS) is 22.1. The van der Waals surface area contributed by atoms with Crippen molar-refractivity contribution in [2.24, 2.45) is 5.84 Å². The molecule has 0 aromatic rings. The lowest BCUT2D eigenvalue weighted by Gasteiger charge is -2.31. The highest BCUT2D eigenvalue weighted by Crippen LogP contribution is 2.26. The number of halogens is 2. The van der Waals surface area contributed by atoms with Gasteiger partial charge in [0.25, 0.3) is 5.92 Å². The molecule has 3 N–H and O–H groups in total. The molecule has 70 valence electrons. The van der Waals surface area contributed by atoms with Gasteiger partial charge in [-0.1, -0.05) is 0 Å². The van der Waals surface area contributed by atoms with E-state index in [2.05, 4.69) is 0 Å². The second-order valence-electron chi connectivity index (χ2n) is 2.83. The van der Waals surface area contributed by atoms with Gasteiger partial charge in [-0.3, -0.25) is 5.43 Å². The molecule has 0 unspecified atom stereocenters. The van der Waals surface area contributed by atoms with Gasteiger partial charge in [0, 0.05) is 13.0 Å². The molecular weight excluding hydrogens is 168 g/mol. The summed E-state index contributed by atoms with van der Waals surface area (Å²) >= 11 is 0. The van der Waals surface area contributed by atoms with E-state index in [1.54, 1.807) is 0 Å². The Labute approximate surface area is 68.7 Å². The van der Waals surface area contributed by atoms with Crippen LogP contribution < -0.4 is 11.3 Å². The highest BCUT2D eigenvalue weighted by Gasteiger charge is 2.36. The van der Waals surface area contributed by atoms with Crippen molar-refractivity contribution < 1.29 is 13.6 Å².